The molecule has 0 bridgehead atoms. The Morgan fingerprint density at radius 1 is 1.03 bits per heavy atom. The SMILES string of the molecule is O=C(c1ccno1)N(c1ccn(-c2ccc(F)cc2)n1)C1CCN(Cc2ccccc2)CC1. The first-order valence-electron chi connectivity index (χ1n) is 11.0. The van der Waals surface area contributed by atoms with Gasteiger partial charge in [-0.15, -0.1) is 5.10 Å². The number of rotatable bonds is 6. The summed E-state index contributed by atoms with van der Waals surface area (Å²) in [5, 5.41) is 8.32. The van der Waals surface area contributed by atoms with Gasteiger partial charge in [-0.3, -0.25) is 14.6 Å². The molecule has 1 aliphatic heterocycles. The lowest BCUT2D eigenvalue weighted by Gasteiger charge is -2.37. The van der Waals surface area contributed by atoms with Gasteiger partial charge in [0.15, 0.2) is 5.82 Å². The minimum absolute atomic E-state index is 0.0220. The molecule has 1 fully saturated rings. The topological polar surface area (TPSA) is 67.4 Å². The molecule has 0 aliphatic carbocycles. The van der Waals surface area contributed by atoms with Gasteiger partial charge in [0, 0.05) is 44.0 Å². The van der Waals surface area contributed by atoms with Crippen LogP contribution in [0.5, 0.6) is 0 Å². The summed E-state index contributed by atoms with van der Waals surface area (Å²) < 4.78 is 20.1. The summed E-state index contributed by atoms with van der Waals surface area (Å²) in [6.45, 7) is 2.64. The number of hydrogen-bond acceptors (Lipinski definition) is 5. The third-order valence-corrected chi connectivity index (χ3v) is 5.95. The van der Waals surface area contributed by atoms with Crippen LogP contribution in [-0.2, 0) is 6.54 Å². The molecule has 1 saturated heterocycles. The monoisotopic (exact) mass is 445 g/mol. The standard InChI is InChI=1S/C25H24FN5O2/c26-20-6-8-21(9-7-20)30-17-13-24(28-30)31(25(32)23-10-14-27-33-23)22-11-15-29(16-12-22)18-19-4-2-1-3-5-19/h1-10,13-14,17,22H,11-12,15-16,18H2. The Labute approximate surface area is 191 Å². The molecule has 5 rings (SSSR count). The van der Waals surface area contributed by atoms with Crippen LogP contribution in [0.25, 0.3) is 5.69 Å². The molecular weight excluding hydrogens is 421 g/mol. The number of halogens is 1. The molecule has 4 aromatic rings. The first-order chi connectivity index (χ1) is 16.2. The fraction of sp³-hybridized carbons (Fsp3) is 0.240. The predicted molar refractivity (Wildman–Crippen MR) is 122 cm³/mol. The molecule has 3 heterocycles. The van der Waals surface area contributed by atoms with E-state index in [4.69, 9.17) is 4.52 Å². The minimum atomic E-state index is -0.310. The number of piperidine rings is 1. The van der Waals surface area contributed by atoms with E-state index in [1.807, 2.05) is 6.07 Å². The van der Waals surface area contributed by atoms with Gasteiger partial charge in [0.05, 0.1) is 11.9 Å². The Morgan fingerprint density at radius 2 is 1.79 bits per heavy atom. The Balaban J connectivity index is 1.36. The molecule has 2 aromatic carbocycles. The molecule has 8 heteroatoms. The van der Waals surface area contributed by atoms with E-state index in [-0.39, 0.29) is 23.5 Å². The Hall–Kier alpha value is -3.78. The largest absolute Gasteiger partial charge is 0.351 e. The van der Waals surface area contributed by atoms with Gasteiger partial charge in [-0.1, -0.05) is 35.5 Å². The lowest BCUT2D eigenvalue weighted by molar-refractivity contribution is 0.0921. The Bertz CT molecular complexity index is 1180. The van der Waals surface area contributed by atoms with E-state index < -0.39 is 0 Å². The van der Waals surface area contributed by atoms with Crippen LogP contribution >= 0.6 is 0 Å². The highest BCUT2D eigenvalue weighted by molar-refractivity contribution is 6.04. The van der Waals surface area contributed by atoms with Gasteiger partial charge >= 0.3 is 0 Å². The quantitative estimate of drug-likeness (QED) is 0.442. The minimum Gasteiger partial charge on any atom is -0.351 e. The number of aromatic nitrogens is 3. The number of benzene rings is 2. The number of nitrogens with zero attached hydrogens (tertiary/aromatic N) is 5. The van der Waals surface area contributed by atoms with Gasteiger partial charge in [-0.05, 0) is 42.7 Å². The number of carbonyl (C=O) groups is 1. The van der Waals surface area contributed by atoms with E-state index >= 15 is 0 Å². The van der Waals surface area contributed by atoms with Crippen molar-refractivity contribution in [2.24, 2.45) is 0 Å². The molecule has 33 heavy (non-hydrogen) atoms. The normalized spacial score (nSPS) is 14.9. The van der Waals surface area contributed by atoms with Gasteiger partial charge in [0.25, 0.3) is 5.91 Å². The lowest BCUT2D eigenvalue weighted by atomic mass is 10.0. The highest BCUT2D eigenvalue weighted by atomic mass is 19.1. The van der Waals surface area contributed by atoms with Gasteiger partial charge in [-0.25, -0.2) is 9.07 Å². The van der Waals surface area contributed by atoms with Crippen LogP contribution < -0.4 is 4.90 Å². The zero-order valence-corrected chi connectivity index (χ0v) is 18.0. The smallest absolute Gasteiger partial charge is 0.298 e. The number of likely N-dealkylation sites (tertiary alicyclic amines) is 1. The summed E-state index contributed by atoms with van der Waals surface area (Å²) in [5.74, 6) is 0.133. The molecule has 2 aromatic heterocycles. The zero-order chi connectivity index (χ0) is 22.6. The molecule has 1 aliphatic rings. The molecule has 7 nitrogen and oxygen atoms in total. The van der Waals surface area contributed by atoms with Crippen LogP contribution in [0.2, 0.25) is 0 Å². The second kappa shape index (κ2) is 9.38. The van der Waals surface area contributed by atoms with Crippen molar-refractivity contribution in [2.75, 3.05) is 18.0 Å². The van der Waals surface area contributed by atoms with E-state index in [1.165, 1.54) is 23.9 Å². The maximum atomic E-state index is 13.3. The van der Waals surface area contributed by atoms with Crippen molar-refractivity contribution in [1.29, 1.82) is 0 Å². The fourth-order valence-electron chi connectivity index (χ4n) is 4.26. The molecule has 0 N–H and O–H groups in total. The Kier molecular flexibility index (Phi) is 5.99. The molecule has 0 saturated carbocycles. The van der Waals surface area contributed by atoms with Gasteiger partial charge in [0.2, 0.25) is 5.76 Å². The summed E-state index contributed by atoms with van der Waals surface area (Å²) in [6.07, 6.45) is 4.87. The van der Waals surface area contributed by atoms with Crippen LogP contribution in [-0.4, -0.2) is 44.9 Å². The summed E-state index contributed by atoms with van der Waals surface area (Å²) in [5.41, 5.74) is 2.00. The molecule has 0 radical (unpaired) electrons. The summed E-state index contributed by atoms with van der Waals surface area (Å²) in [4.78, 5) is 17.5. The lowest BCUT2D eigenvalue weighted by Crippen LogP contribution is -2.47. The fourth-order valence-corrected chi connectivity index (χ4v) is 4.26. The molecule has 0 atom stereocenters. The molecular formula is C25H24FN5O2. The zero-order valence-electron chi connectivity index (χ0n) is 18.0. The first-order valence-corrected chi connectivity index (χ1v) is 11.0. The molecule has 0 spiro atoms. The number of amides is 1. The van der Waals surface area contributed by atoms with E-state index in [2.05, 4.69) is 39.4 Å². The third-order valence-electron chi connectivity index (χ3n) is 5.95. The average Bonchev–Trinajstić information content (AvgIpc) is 3.55. The van der Waals surface area contributed by atoms with Crippen molar-refractivity contribution in [3.63, 3.8) is 0 Å². The van der Waals surface area contributed by atoms with Crippen molar-refractivity contribution in [3.05, 3.63) is 96.3 Å². The van der Waals surface area contributed by atoms with Crippen LogP contribution in [0, 0.1) is 5.82 Å². The van der Waals surface area contributed by atoms with Crippen molar-refractivity contribution in [3.8, 4) is 5.69 Å². The van der Waals surface area contributed by atoms with Crippen molar-refractivity contribution in [1.82, 2.24) is 19.8 Å². The number of anilines is 1. The van der Waals surface area contributed by atoms with Crippen LogP contribution in [0.1, 0.15) is 29.0 Å². The first kappa shape index (κ1) is 21.1. The van der Waals surface area contributed by atoms with E-state index in [0.29, 0.717) is 11.5 Å². The summed E-state index contributed by atoms with van der Waals surface area (Å²) in [7, 11) is 0. The van der Waals surface area contributed by atoms with Crippen LogP contribution in [0.4, 0.5) is 10.2 Å². The predicted octanol–water partition coefficient (Wildman–Crippen LogP) is 4.31. The van der Waals surface area contributed by atoms with Gasteiger partial charge < -0.3 is 4.52 Å². The number of hydrogen-bond donors (Lipinski definition) is 0. The maximum absolute atomic E-state index is 13.3. The number of carbonyl (C=O) groups excluding carboxylic acids is 1. The molecule has 0 unspecified atom stereocenters. The van der Waals surface area contributed by atoms with E-state index in [9.17, 15) is 9.18 Å². The second-order valence-electron chi connectivity index (χ2n) is 8.14. The summed E-state index contributed by atoms with van der Waals surface area (Å²) >= 11 is 0. The average molecular weight is 445 g/mol. The van der Waals surface area contributed by atoms with Crippen molar-refractivity contribution in [2.45, 2.75) is 25.4 Å². The van der Waals surface area contributed by atoms with E-state index in [0.717, 1.165) is 32.5 Å². The van der Waals surface area contributed by atoms with Gasteiger partial charge in [0.1, 0.15) is 5.82 Å². The van der Waals surface area contributed by atoms with Gasteiger partial charge in [-0.2, -0.15) is 0 Å². The second-order valence-corrected chi connectivity index (χ2v) is 8.14. The third kappa shape index (κ3) is 4.70. The Morgan fingerprint density at radius 3 is 2.48 bits per heavy atom. The van der Waals surface area contributed by atoms with Crippen molar-refractivity contribution < 1.29 is 13.7 Å². The van der Waals surface area contributed by atoms with E-state index in [1.54, 1.807) is 40.0 Å². The molecule has 168 valence electrons. The summed E-state index contributed by atoms with van der Waals surface area (Å²) in [6, 6.07) is 19.8. The van der Waals surface area contributed by atoms with Crippen LogP contribution in [0.15, 0.2) is 83.6 Å². The highest BCUT2D eigenvalue weighted by Crippen LogP contribution is 2.26. The maximum Gasteiger partial charge on any atom is 0.298 e. The van der Waals surface area contributed by atoms with Crippen molar-refractivity contribution >= 4 is 11.7 Å². The van der Waals surface area contributed by atoms with Crippen LogP contribution in [0.3, 0.4) is 0 Å². The molecule has 1 amide bonds. The highest BCUT2D eigenvalue weighted by Gasteiger charge is 2.32.